The van der Waals surface area contributed by atoms with Crippen molar-refractivity contribution in [3.63, 3.8) is 0 Å². The smallest absolute Gasteiger partial charge is 0.125 e. The van der Waals surface area contributed by atoms with Crippen LogP contribution in [0, 0.1) is 0 Å². The molecular weight excluding hydrogens is 266 g/mol. The summed E-state index contributed by atoms with van der Waals surface area (Å²) >= 11 is 6.28. The number of morpholine rings is 1. The minimum atomic E-state index is -0.0678. The van der Waals surface area contributed by atoms with Crippen LogP contribution in [0.3, 0.4) is 0 Å². The predicted octanol–water partition coefficient (Wildman–Crippen LogP) is 1.19. The minimum Gasteiger partial charge on any atom is -0.496 e. The Morgan fingerprint density at radius 1 is 1.47 bits per heavy atom. The predicted molar refractivity (Wildman–Crippen MR) is 75.3 cm³/mol. The summed E-state index contributed by atoms with van der Waals surface area (Å²) in [7, 11) is 1.64. The third-order valence-corrected chi connectivity index (χ3v) is 3.50. The molecule has 1 aromatic rings. The number of ether oxygens (including phenoxy) is 2. The first kappa shape index (κ1) is 14.6. The lowest BCUT2D eigenvalue weighted by Gasteiger charge is -2.32. The standard InChI is InChI=1S/C13H20ClN3O2/c1-18-12-4-2-3-10(14)13(12)11(9-15)16-17-5-7-19-8-6-17/h2-4,11,16H,5-9,15H2,1H3. The molecule has 2 rings (SSSR count). The number of hydrogen-bond donors (Lipinski definition) is 2. The van der Waals surface area contributed by atoms with Gasteiger partial charge in [0.05, 0.1) is 26.4 Å². The van der Waals surface area contributed by atoms with E-state index in [0.29, 0.717) is 11.6 Å². The van der Waals surface area contributed by atoms with Crippen LogP contribution in [-0.2, 0) is 4.74 Å². The molecule has 1 aliphatic heterocycles. The Kier molecular flexibility index (Phi) is 5.42. The molecule has 1 unspecified atom stereocenters. The van der Waals surface area contributed by atoms with E-state index in [1.807, 2.05) is 18.2 Å². The highest BCUT2D eigenvalue weighted by Gasteiger charge is 2.21. The lowest BCUT2D eigenvalue weighted by molar-refractivity contribution is 0.00389. The van der Waals surface area contributed by atoms with Gasteiger partial charge in [-0.05, 0) is 12.1 Å². The molecule has 0 bridgehead atoms. The molecule has 1 aromatic carbocycles. The Hall–Kier alpha value is -0.850. The highest BCUT2D eigenvalue weighted by atomic mass is 35.5. The van der Waals surface area contributed by atoms with E-state index in [0.717, 1.165) is 37.6 Å². The van der Waals surface area contributed by atoms with Crippen LogP contribution in [0.2, 0.25) is 5.02 Å². The second-order valence-corrected chi connectivity index (χ2v) is 4.78. The molecule has 6 heteroatoms. The summed E-state index contributed by atoms with van der Waals surface area (Å²) in [6.45, 7) is 3.57. The molecule has 0 spiro atoms. The van der Waals surface area contributed by atoms with Crippen LogP contribution in [0.25, 0.3) is 0 Å². The first-order valence-electron chi connectivity index (χ1n) is 6.37. The van der Waals surface area contributed by atoms with Gasteiger partial charge >= 0.3 is 0 Å². The van der Waals surface area contributed by atoms with Crippen molar-refractivity contribution in [3.05, 3.63) is 28.8 Å². The van der Waals surface area contributed by atoms with Crippen LogP contribution in [0.5, 0.6) is 5.75 Å². The molecule has 106 valence electrons. The lowest BCUT2D eigenvalue weighted by Crippen LogP contribution is -2.48. The second-order valence-electron chi connectivity index (χ2n) is 4.37. The highest BCUT2D eigenvalue weighted by Crippen LogP contribution is 2.31. The molecule has 1 aliphatic rings. The van der Waals surface area contributed by atoms with Gasteiger partial charge in [-0.25, -0.2) is 10.4 Å². The normalized spacial score (nSPS) is 18.3. The van der Waals surface area contributed by atoms with Crippen molar-refractivity contribution in [2.45, 2.75) is 6.04 Å². The maximum atomic E-state index is 6.28. The highest BCUT2D eigenvalue weighted by molar-refractivity contribution is 6.31. The molecule has 0 aliphatic carbocycles. The fourth-order valence-electron chi connectivity index (χ4n) is 2.18. The molecule has 0 saturated carbocycles. The molecular formula is C13H20ClN3O2. The average molecular weight is 286 g/mol. The number of rotatable bonds is 5. The van der Waals surface area contributed by atoms with E-state index in [2.05, 4.69) is 10.4 Å². The van der Waals surface area contributed by atoms with Gasteiger partial charge in [-0.1, -0.05) is 17.7 Å². The van der Waals surface area contributed by atoms with Crippen molar-refractivity contribution in [2.75, 3.05) is 40.0 Å². The topological polar surface area (TPSA) is 59.8 Å². The van der Waals surface area contributed by atoms with Crippen molar-refractivity contribution in [1.29, 1.82) is 0 Å². The van der Waals surface area contributed by atoms with Crippen molar-refractivity contribution in [3.8, 4) is 5.75 Å². The fourth-order valence-corrected chi connectivity index (χ4v) is 2.48. The van der Waals surface area contributed by atoms with Gasteiger partial charge in [0.2, 0.25) is 0 Å². The van der Waals surface area contributed by atoms with Gasteiger partial charge in [-0.3, -0.25) is 0 Å². The maximum absolute atomic E-state index is 6.28. The molecule has 19 heavy (non-hydrogen) atoms. The van der Waals surface area contributed by atoms with Gasteiger partial charge in [-0.2, -0.15) is 0 Å². The number of methoxy groups -OCH3 is 1. The fraction of sp³-hybridized carbons (Fsp3) is 0.538. The number of benzene rings is 1. The molecule has 0 amide bonds. The Morgan fingerprint density at radius 2 is 2.21 bits per heavy atom. The molecule has 0 radical (unpaired) electrons. The zero-order valence-corrected chi connectivity index (χ0v) is 11.8. The van der Waals surface area contributed by atoms with Gasteiger partial charge in [-0.15, -0.1) is 0 Å². The molecule has 1 heterocycles. The van der Waals surface area contributed by atoms with E-state index in [-0.39, 0.29) is 6.04 Å². The maximum Gasteiger partial charge on any atom is 0.125 e. The summed E-state index contributed by atoms with van der Waals surface area (Å²) < 4.78 is 10.7. The summed E-state index contributed by atoms with van der Waals surface area (Å²) in [5.74, 6) is 0.753. The summed E-state index contributed by atoms with van der Waals surface area (Å²) in [4.78, 5) is 0. The number of nitrogens with zero attached hydrogens (tertiary/aromatic N) is 1. The van der Waals surface area contributed by atoms with E-state index in [1.165, 1.54) is 0 Å². The summed E-state index contributed by atoms with van der Waals surface area (Å²) in [5.41, 5.74) is 10.2. The zero-order valence-electron chi connectivity index (χ0n) is 11.1. The summed E-state index contributed by atoms with van der Waals surface area (Å²) in [6, 6.07) is 5.54. The first-order valence-corrected chi connectivity index (χ1v) is 6.75. The Bertz CT molecular complexity index is 411. The molecule has 5 nitrogen and oxygen atoms in total. The number of halogens is 1. The average Bonchev–Trinajstić information content (AvgIpc) is 2.46. The zero-order chi connectivity index (χ0) is 13.7. The van der Waals surface area contributed by atoms with Gasteiger partial charge in [0.25, 0.3) is 0 Å². The van der Waals surface area contributed by atoms with E-state index < -0.39 is 0 Å². The first-order chi connectivity index (χ1) is 9.26. The molecule has 0 aromatic heterocycles. The van der Waals surface area contributed by atoms with Gasteiger partial charge < -0.3 is 15.2 Å². The number of nitrogens with one attached hydrogen (secondary N) is 1. The Morgan fingerprint density at radius 3 is 2.84 bits per heavy atom. The monoisotopic (exact) mass is 285 g/mol. The third kappa shape index (κ3) is 3.58. The number of hydrogen-bond acceptors (Lipinski definition) is 5. The lowest BCUT2D eigenvalue weighted by atomic mass is 10.1. The van der Waals surface area contributed by atoms with Crippen LogP contribution < -0.4 is 15.9 Å². The van der Waals surface area contributed by atoms with Crippen LogP contribution in [0.1, 0.15) is 11.6 Å². The van der Waals surface area contributed by atoms with E-state index in [4.69, 9.17) is 26.8 Å². The van der Waals surface area contributed by atoms with Gasteiger partial charge in [0.1, 0.15) is 5.75 Å². The van der Waals surface area contributed by atoms with Crippen LogP contribution in [0.4, 0.5) is 0 Å². The molecule has 1 fully saturated rings. The van der Waals surface area contributed by atoms with Gasteiger partial charge in [0.15, 0.2) is 0 Å². The van der Waals surface area contributed by atoms with E-state index >= 15 is 0 Å². The van der Waals surface area contributed by atoms with Crippen molar-refractivity contribution >= 4 is 11.6 Å². The van der Waals surface area contributed by atoms with Crippen LogP contribution in [-0.4, -0.2) is 45.0 Å². The molecule has 1 atom stereocenters. The van der Waals surface area contributed by atoms with Crippen molar-refractivity contribution < 1.29 is 9.47 Å². The van der Waals surface area contributed by atoms with E-state index in [9.17, 15) is 0 Å². The number of hydrazine groups is 1. The molecule has 3 N–H and O–H groups in total. The van der Waals surface area contributed by atoms with Crippen LogP contribution >= 0.6 is 11.6 Å². The second kappa shape index (κ2) is 7.07. The Balaban J connectivity index is 2.16. The van der Waals surface area contributed by atoms with Crippen molar-refractivity contribution in [2.24, 2.45) is 5.73 Å². The summed E-state index contributed by atoms with van der Waals surface area (Å²) in [5, 5.41) is 2.78. The van der Waals surface area contributed by atoms with Crippen molar-refractivity contribution in [1.82, 2.24) is 10.4 Å². The largest absolute Gasteiger partial charge is 0.496 e. The number of nitrogens with two attached hydrogens (primary N) is 1. The third-order valence-electron chi connectivity index (χ3n) is 3.17. The quantitative estimate of drug-likeness (QED) is 0.851. The Labute approximate surface area is 118 Å². The molecule has 1 saturated heterocycles. The minimum absolute atomic E-state index is 0.0678. The van der Waals surface area contributed by atoms with Crippen LogP contribution in [0.15, 0.2) is 18.2 Å². The summed E-state index contributed by atoms with van der Waals surface area (Å²) in [6.07, 6.45) is 0. The van der Waals surface area contributed by atoms with Gasteiger partial charge in [0, 0.05) is 30.2 Å². The van der Waals surface area contributed by atoms with E-state index in [1.54, 1.807) is 7.11 Å². The SMILES string of the molecule is COc1cccc(Cl)c1C(CN)NN1CCOCC1.